The van der Waals surface area contributed by atoms with Gasteiger partial charge in [0.05, 0.1) is 12.0 Å². The van der Waals surface area contributed by atoms with Crippen molar-refractivity contribution in [1.29, 1.82) is 0 Å². The molecule has 0 spiro atoms. The Labute approximate surface area is 111 Å². The highest BCUT2D eigenvalue weighted by molar-refractivity contribution is 5.95. The fourth-order valence-electron chi connectivity index (χ4n) is 1.66. The summed E-state index contributed by atoms with van der Waals surface area (Å²) in [6, 6.07) is 4.08. The number of likely N-dealkylation sites (N-methyl/N-ethyl adjacent to an activating group) is 1. The fraction of sp³-hybridized carbons (Fsp3) is 0.308. The van der Waals surface area contributed by atoms with Crippen LogP contribution in [0, 0.1) is 10.1 Å². The number of carbonyl (C=O) groups excluding carboxylic acids is 1. The molecule has 19 heavy (non-hydrogen) atoms. The largest absolute Gasteiger partial charge is 0.490 e. The van der Waals surface area contributed by atoms with Crippen molar-refractivity contribution in [2.75, 3.05) is 20.2 Å². The van der Waals surface area contributed by atoms with Crippen molar-refractivity contribution < 1.29 is 14.5 Å². The van der Waals surface area contributed by atoms with Gasteiger partial charge in [-0.05, 0) is 13.0 Å². The van der Waals surface area contributed by atoms with Crippen LogP contribution in [0.4, 0.5) is 5.69 Å². The SMILES string of the molecule is C=CCN(CC)C(=O)c1ccc([N+](=O)[O-])c(OC)c1. The average molecular weight is 264 g/mol. The molecule has 0 aliphatic carbocycles. The van der Waals surface area contributed by atoms with E-state index in [1.165, 1.54) is 25.3 Å². The topological polar surface area (TPSA) is 72.7 Å². The molecule has 0 radical (unpaired) electrons. The molecule has 102 valence electrons. The number of hydrogen-bond acceptors (Lipinski definition) is 4. The van der Waals surface area contributed by atoms with Gasteiger partial charge in [0.25, 0.3) is 5.91 Å². The third-order valence-corrected chi connectivity index (χ3v) is 2.64. The standard InChI is InChI=1S/C13H16N2O4/c1-4-8-14(5-2)13(16)10-6-7-11(15(17)18)12(9-10)19-3/h4,6-7,9H,1,5,8H2,2-3H3. The third-order valence-electron chi connectivity index (χ3n) is 2.64. The van der Waals surface area contributed by atoms with Gasteiger partial charge in [0.2, 0.25) is 0 Å². The van der Waals surface area contributed by atoms with E-state index in [2.05, 4.69) is 6.58 Å². The van der Waals surface area contributed by atoms with E-state index in [-0.39, 0.29) is 17.3 Å². The van der Waals surface area contributed by atoms with Gasteiger partial charge < -0.3 is 9.64 Å². The quantitative estimate of drug-likeness (QED) is 0.449. The second kappa shape index (κ2) is 6.53. The van der Waals surface area contributed by atoms with Gasteiger partial charge in [0.15, 0.2) is 5.75 Å². The highest BCUT2D eigenvalue weighted by Gasteiger charge is 2.19. The molecule has 0 fully saturated rings. The Morgan fingerprint density at radius 2 is 2.26 bits per heavy atom. The number of benzene rings is 1. The van der Waals surface area contributed by atoms with Crippen molar-refractivity contribution in [2.45, 2.75) is 6.92 Å². The van der Waals surface area contributed by atoms with Crippen molar-refractivity contribution in [1.82, 2.24) is 4.90 Å². The maximum atomic E-state index is 12.2. The van der Waals surface area contributed by atoms with Gasteiger partial charge in [-0.25, -0.2) is 0 Å². The summed E-state index contributed by atoms with van der Waals surface area (Å²) < 4.78 is 4.94. The maximum absolute atomic E-state index is 12.2. The Balaban J connectivity index is 3.11. The summed E-state index contributed by atoms with van der Waals surface area (Å²) in [7, 11) is 1.33. The Morgan fingerprint density at radius 1 is 1.58 bits per heavy atom. The number of nitro benzene ring substituents is 1. The van der Waals surface area contributed by atoms with Crippen molar-refractivity contribution in [3.8, 4) is 5.75 Å². The van der Waals surface area contributed by atoms with Crippen LogP contribution in [-0.2, 0) is 0 Å². The molecule has 6 heteroatoms. The summed E-state index contributed by atoms with van der Waals surface area (Å²) in [6.45, 7) is 6.40. The van der Waals surface area contributed by atoms with Crippen LogP contribution >= 0.6 is 0 Å². The van der Waals surface area contributed by atoms with Crippen molar-refractivity contribution >= 4 is 11.6 Å². The van der Waals surface area contributed by atoms with Crippen LogP contribution in [-0.4, -0.2) is 35.9 Å². The molecule has 0 unspecified atom stereocenters. The van der Waals surface area contributed by atoms with Crippen molar-refractivity contribution in [3.05, 3.63) is 46.5 Å². The number of nitrogens with zero attached hydrogens (tertiary/aromatic N) is 2. The second-order valence-electron chi connectivity index (χ2n) is 3.78. The van der Waals surface area contributed by atoms with Crippen LogP contribution in [0.25, 0.3) is 0 Å². The van der Waals surface area contributed by atoms with Crippen LogP contribution in [0.5, 0.6) is 5.75 Å². The predicted molar refractivity (Wildman–Crippen MR) is 71.4 cm³/mol. The van der Waals surface area contributed by atoms with E-state index in [0.29, 0.717) is 18.7 Å². The summed E-state index contributed by atoms with van der Waals surface area (Å²) in [5.41, 5.74) is 0.192. The molecule has 1 aromatic carbocycles. The number of amides is 1. The summed E-state index contributed by atoms with van der Waals surface area (Å²) in [5.74, 6) is -0.138. The number of ether oxygens (including phenoxy) is 1. The zero-order chi connectivity index (χ0) is 14.4. The molecule has 6 nitrogen and oxygen atoms in total. The van der Waals surface area contributed by atoms with Gasteiger partial charge in [-0.3, -0.25) is 14.9 Å². The Hall–Kier alpha value is -2.37. The van der Waals surface area contributed by atoms with Crippen LogP contribution in [0.2, 0.25) is 0 Å². The van der Waals surface area contributed by atoms with Gasteiger partial charge in [-0.15, -0.1) is 6.58 Å². The summed E-state index contributed by atoms with van der Waals surface area (Å²) >= 11 is 0. The molecule has 0 saturated carbocycles. The fourth-order valence-corrected chi connectivity index (χ4v) is 1.66. The van der Waals surface area contributed by atoms with E-state index in [9.17, 15) is 14.9 Å². The first-order valence-corrected chi connectivity index (χ1v) is 5.77. The number of hydrogen-bond donors (Lipinski definition) is 0. The van der Waals surface area contributed by atoms with Crippen LogP contribution in [0.15, 0.2) is 30.9 Å². The first-order chi connectivity index (χ1) is 9.04. The van der Waals surface area contributed by atoms with Gasteiger partial charge >= 0.3 is 5.69 Å². The predicted octanol–water partition coefficient (Wildman–Crippen LogP) is 2.25. The number of methoxy groups -OCH3 is 1. The average Bonchev–Trinajstić information content (AvgIpc) is 2.43. The lowest BCUT2D eigenvalue weighted by Gasteiger charge is -2.19. The lowest BCUT2D eigenvalue weighted by molar-refractivity contribution is -0.385. The molecule has 1 aromatic rings. The van der Waals surface area contributed by atoms with Crippen molar-refractivity contribution in [3.63, 3.8) is 0 Å². The lowest BCUT2D eigenvalue weighted by atomic mass is 10.1. The number of carbonyl (C=O) groups is 1. The molecule has 1 amide bonds. The Bertz CT molecular complexity index is 499. The van der Waals surface area contributed by atoms with E-state index in [4.69, 9.17) is 4.74 Å². The Kier molecular flexibility index (Phi) is 5.05. The van der Waals surface area contributed by atoms with Gasteiger partial charge in [0.1, 0.15) is 0 Å². The molecule has 0 aromatic heterocycles. The smallest absolute Gasteiger partial charge is 0.310 e. The molecule has 0 aliphatic rings. The lowest BCUT2D eigenvalue weighted by Crippen LogP contribution is -2.30. The zero-order valence-corrected chi connectivity index (χ0v) is 11.0. The van der Waals surface area contributed by atoms with Crippen molar-refractivity contribution in [2.24, 2.45) is 0 Å². The molecule has 0 aliphatic heterocycles. The number of rotatable bonds is 6. The van der Waals surface area contributed by atoms with E-state index < -0.39 is 4.92 Å². The monoisotopic (exact) mass is 264 g/mol. The van der Waals surface area contributed by atoms with Crippen LogP contribution in [0.3, 0.4) is 0 Å². The maximum Gasteiger partial charge on any atom is 0.310 e. The zero-order valence-electron chi connectivity index (χ0n) is 11.0. The minimum atomic E-state index is -0.547. The first-order valence-electron chi connectivity index (χ1n) is 5.77. The first kappa shape index (κ1) is 14.7. The molecule has 0 heterocycles. The molecular formula is C13H16N2O4. The Morgan fingerprint density at radius 3 is 2.74 bits per heavy atom. The molecule has 1 rings (SSSR count). The molecule has 0 bridgehead atoms. The van der Waals surface area contributed by atoms with Gasteiger partial charge in [0, 0.05) is 30.8 Å². The van der Waals surface area contributed by atoms with E-state index >= 15 is 0 Å². The minimum absolute atomic E-state index is 0.0745. The molecular weight excluding hydrogens is 248 g/mol. The minimum Gasteiger partial charge on any atom is -0.490 e. The molecule has 0 atom stereocenters. The van der Waals surface area contributed by atoms with E-state index in [1.807, 2.05) is 6.92 Å². The third kappa shape index (κ3) is 3.31. The second-order valence-corrected chi connectivity index (χ2v) is 3.78. The van der Waals surface area contributed by atoms with Gasteiger partial charge in [-0.2, -0.15) is 0 Å². The molecule has 0 saturated heterocycles. The van der Waals surface area contributed by atoms with Crippen LogP contribution in [0.1, 0.15) is 17.3 Å². The normalized spacial score (nSPS) is 9.79. The van der Waals surface area contributed by atoms with Gasteiger partial charge in [-0.1, -0.05) is 6.08 Å². The van der Waals surface area contributed by atoms with E-state index in [1.54, 1.807) is 11.0 Å². The van der Waals surface area contributed by atoms with Crippen LogP contribution < -0.4 is 4.74 Å². The highest BCUT2D eigenvalue weighted by atomic mass is 16.6. The highest BCUT2D eigenvalue weighted by Crippen LogP contribution is 2.27. The summed E-state index contributed by atoms with van der Waals surface area (Å²) in [5, 5.41) is 10.8. The molecule has 0 N–H and O–H groups in total. The van der Waals surface area contributed by atoms with E-state index in [0.717, 1.165) is 0 Å². The summed E-state index contributed by atoms with van der Waals surface area (Å²) in [4.78, 5) is 24.0. The number of nitro groups is 1. The summed E-state index contributed by atoms with van der Waals surface area (Å²) in [6.07, 6.45) is 1.63.